The Morgan fingerprint density at radius 2 is 1.42 bits per heavy atom. The minimum Gasteiger partial charge on any atom is -0.258 e. The van der Waals surface area contributed by atoms with Crippen LogP contribution in [0.3, 0.4) is 0 Å². The number of hydrogen-bond acceptors (Lipinski definition) is 2. The van der Waals surface area contributed by atoms with Crippen molar-refractivity contribution in [3.8, 4) is 11.1 Å². The van der Waals surface area contributed by atoms with Gasteiger partial charge in [0.15, 0.2) is 0 Å². The van der Waals surface area contributed by atoms with Crippen LogP contribution in [0.15, 0.2) is 30.3 Å². The van der Waals surface area contributed by atoms with E-state index in [9.17, 15) is 10.1 Å². The number of halogens is 4. The zero-order valence-electron chi connectivity index (χ0n) is 9.16. The van der Waals surface area contributed by atoms with Crippen LogP contribution in [0, 0.1) is 10.1 Å². The van der Waals surface area contributed by atoms with Crippen molar-refractivity contribution < 1.29 is 4.92 Å². The van der Waals surface area contributed by atoms with Gasteiger partial charge in [0, 0.05) is 11.6 Å². The minimum atomic E-state index is -0.547. The summed E-state index contributed by atoms with van der Waals surface area (Å²) in [5, 5.41) is 11.9. The monoisotopic (exact) mass is 335 g/mol. The van der Waals surface area contributed by atoms with Crippen LogP contribution >= 0.6 is 46.4 Å². The minimum absolute atomic E-state index is 0.130. The Morgan fingerprint density at radius 3 is 2.05 bits per heavy atom. The van der Waals surface area contributed by atoms with Crippen molar-refractivity contribution in [2.45, 2.75) is 0 Å². The fraction of sp³-hybridized carbons (Fsp3) is 0. The highest BCUT2D eigenvalue weighted by Gasteiger charge is 2.23. The van der Waals surface area contributed by atoms with Gasteiger partial charge >= 0.3 is 0 Å². The molecule has 0 unspecified atom stereocenters. The first-order valence-electron chi connectivity index (χ1n) is 5.00. The van der Waals surface area contributed by atoms with E-state index >= 15 is 0 Å². The predicted octanol–water partition coefficient (Wildman–Crippen LogP) is 5.88. The second kappa shape index (κ2) is 5.55. The Bertz CT molecular complexity index is 673. The highest BCUT2D eigenvalue weighted by Crippen LogP contribution is 2.45. The first-order valence-corrected chi connectivity index (χ1v) is 6.51. The summed E-state index contributed by atoms with van der Waals surface area (Å²) in [6, 6.07) is 7.36. The Kier molecular flexibility index (Phi) is 4.21. The summed E-state index contributed by atoms with van der Waals surface area (Å²) < 4.78 is 0. The number of rotatable bonds is 2. The quantitative estimate of drug-likeness (QED) is 0.390. The van der Waals surface area contributed by atoms with Crippen molar-refractivity contribution in [2.75, 3.05) is 0 Å². The third-order valence-electron chi connectivity index (χ3n) is 2.48. The fourth-order valence-corrected chi connectivity index (χ4v) is 2.65. The highest BCUT2D eigenvalue weighted by molar-refractivity contribution is 6.47. The van der Waals surface area contributed by atoms with Crippen LogP contribution < -0.4 is 0 Å². The second-order valence-electron chi connectivity index (χ2n) is 3.61. The van der Waals surface area contributed by atoms with Crippen LogP contribution in [-0.4, -0.2) is 4.92 Å². The topological polar surface area (TPSA) is 43.1 Å². The van der Waals surface area contributed by atoms with Crippen LogP contribution in [-0.2, 0) is 0 Å². The van der Waals surface area contributed by atoms with E-state index in [1.807, 2.05) is 0 Å². The third-order valence-corrected chi connectivity index (χ3v) is 3.92. The molecule has 0 fully saturated rings. The van der Waals surface area contributed by atoms with E-state index in [0.29, 0.717) is 0 Å². The van der Waals surface area contributed by atoms with Crippen molar-refractivity contribution in [3.63, 3.8) is 0 Å². The molecule has 0 saturated carbocycles. The molecule has 2 aromatic carbocycles. The summed E-state index contributed by atoms with van der Waals surface area (Å²) in [5.74, 6) is 0. The van der Waals surface area contributed by atoms with Gasteiger partial charge in [0.2, 0.25) is 0 Å². The number of hydrogen-bond donors (Lipinski definition) is 0. The summed E-state index contributed by atoms with van der Waals surface area (Å²) in [6.07, 6.45) is 0. The molecule has 0 aliphatic rings. The highest BCUT2D eigenvalue weighted by atomic mass is 35.5. The van der Waals surface area contributed by atoms with Gasteiger partial charge in [-0.15, -0.1) is 0 Å². The lowest BCUT2D eigenvalue weighted by molar-refractivity contribution is -0.384. The Morgan fingerprint density at radius 1 is 0.842 bits per heavy atom. The van der Waals surface area contributed by atoms with Gasteiger partial charge in [-0.05, 0) is 18.2 Å². The van der Waals surface area contributed by atoms with Crippen LogP contribution in [0.2, 0.25) is 20.1 Å². The molecule has 0 amide bonds. The molecular formula is C12H5Cl4NO2. The molecule has 0 atom stereocenters. The molecule has 3 nitrogen and oxygen atoms in total. The number of nitro groups is 1. The van der Waals surface area contributed by atoms with Crippen LogP contribution in [0.4, 0.5) is 5.69 Å². The number of nitrogens with zero attached hydrogens (tertiary/aromatic N) is 1. The Hall–Kier alpha value is -1.000. The van der Waals surface area contributed by atoms with E-state index in [-0.39, 0.29) is 36.9 Å². The van der Waals surface area contributed by atoms with Gasteiger partial charge in [0.25, 0.3) is 5.69 Å². The van der Waals surface area contributed by atoms with Crippen molar-refractivity contribution in [3.05, 3.63) is 60.5 Å². The Balaban J connectivity index is 2.87. The van der Waals surface area contributed by atoms with E-state index in [4.69, 9.17) is 46.4 Å². The summed E-state index contributed by atoms with van der Waals surface area (Å²) in [4.78, 5) is 10.5. The van der Waals surface area contributed by atoms with Gasteiger partial charge in [-0.1, -0.05) is 52.5 Å². The zero-order valence-corrected chi connectivity index (χ0v) is 12.2. The lowest BCUT2D eigenvalue weighted by Gasteiger charge is -2.10. The molecule has 0 aliphatic carbocycles. The first-order chi connectivity index (χ1) is 8.93. The maximum absolute atomic E-state index is 11.1. The van der Waals surface area contributed by atoms with E-state index in [1.165, 1.54) is 30.3 Å². The van der Waals surface area contributed by atoms with Crippen molar-refractivity contribution in [1.82, 2.24) is 0 Å². The molecule has 0 N–H and O–H groups in total. The molecule has 0 bridgehead atoms. The molecule has 0 saturated heterocycles. The lowest BCUT2D eigenvalue weighted by atomic mass is 10.0. The first kappa shape index (κ1) is 14.4. The van der Waals surface area contributed by atoms with E-state index in [2.05, 4.69) is 0 Å². The van der Waals surface area contributed by atoms with Crippen molar-refractivity contribution >= 4 is 52.1 Å². The summed E-state index contributed by atoms with van der Waals surface area (Å²) in [6.45, 7) is 0. The normalized spacial score (nSPS) is 10.5. The Labute approximate surface area is 128 Å². The molecular weight excluding hydrogens is 332 g/mol. The largest absolute Gasteiger partial charge is 0.278 e. The molecule has 0 heterocycles. The van der Waals surface area contributed by atoms with E-state index in [0.717, 1.165) is 0 Å². The molecule has 2 aromatic rings. The van der Waals surface area contributed by atoms with Crippen LogP contribution in [0.25, 0.3) is 11.1 Å². The standard InChI is InChI=1S/C12H5Cl4NO2/c13-6-2-1-3-9(17(18)19)10(6)11-7(14)4-5-8(15)12(11)16/h1-5H. The lowest BCUT2D eigenvalue weighted by Crippen LogP contribution is -1.94. The van der Waals surface area contributed by atoms with Gasteiger partial charge in [0.1, 0.15) is 0 Å². The van der Waals surface area contributed by atoms with Gasteiger partial charge < -0.3 is 0 Å². The smallest absolute Gasteiger partial charge is 0.258 e. The van der Waals surface area contributed by atoms with Crippen molar-refractivity contribution in [1.29, 1.82) is 0 Å². The average molecular weight is 337 g/mol. The van der Waals surface area contributed by atoms with Gasteiger partial charge in [-0.2, -0.15) is 0 Å². The molecule has 0 radical (unpaired) electrons. The van der Waals surface area contributed by atoms with Crippen LogP contribution in [0.5, 0.6) is 0 Å². The molecule has 0 spiro atoms. The summed E-state index contributed by atoms with van der Waals surface area (Å²) in [7, 11) is 0. The summed E-state index contributed by atoms with van der Waals surface area (Å²) in [5.41, 5.74) is 0.235. The van der Waals surface area contributed by atoms with Crippen LogP contribution in [0.1, 0.15) is 0 Å². The second-order valence-corrected chi connectivity index (χ2v) is 5.21. The molecule has 0 aromatic heterocycles. The molecule has 2 rings (SSSR count). The maximum Gasteiger partial charge on any atom is 0.278 e. The maximum atomic E-state index is 11.1. The molecule has 19 heavy (non-hydrogen) atoms. The molecule has 98 valence electrons. The average Bonchev–Trinajstić information content (AvgIpc) is 2.36. The number of nitro benzene ring substituents is 1. The SMILES string of the molecule is O=[N+]([O-])c1cccc(Cl)c1-c1c(Cl)ccc(Cl)c1Cl. The zero-order chi connectivity index (χ0) is 14.2. The number of benzene rings is 2. The van der Waals surface area contributed by atoms with Crippen molar-refractivity contribution in [2.24, 2.45) is 0 Å². The van der Waals surface area contributed by atoms with Gasteiger partial charge in [-0.25, -0.2) is 0 Å². The molecule has 7 heteroatoms. The van der Waals surface area contributed by atoms with Gasteiger partial charge in [-0.3, -0.25) is 10.1 Å². The fourth-order valence-electron chi connectivity index (χ4n) is 1.67. The van der Waals surface area contributed by atoms with Gasteiger partial charge in [0.05, 0.1) is 30.6 Å². The third kappa shape index (κ3) is 2.65. The summed E-state index contributed by atoms with van der Waals surface area (Å²) >= 11 is 24.1. The van der Waals surface area contributed by atoms with E-state index in [1.54, 1.807) is 0 Å². The predicted molar refractivity (Wildman–Crippen MR) is 78.6 cm³/mol. The molecule has 0 aliphatic heterocycles. The van der Waals surface area contributed by atoms with E-state index < -0.39 is 4.92 Å².